The Morgan fingerprint density at radius 3 is 1.76 bits per heavy atom. The number of hydrogen-bond donors (Lipinski definition) is 1. The summed E-state index contributed by atoms with van der Waals surface area (Å²) in [6, 6.07) is 24.9. The van der Waals surface area contributed by atoms with Crippen molar-refractivity contribution in [2.75, 3.05) is 66.5 Å². The highest BCUT2D eigenvalue weighted by atomic mass is 31.1. The van der Waals surface area contributed by atoms with Gasteiger partial charge in [-0.15, -0.1) is 5.06 Å². The number of esters is 1. The minimum absolute atomic E-state index is 0.0447. The minimum Gasteiger partial charge on any atom is -0.465 e. The van der Waals surface area contributed by atoms with Crippen LogP contribution in [0, 0.1) is 0 Å². The van der Waals surface area contributed by atoms with Crippen molar-refractivity contribution < 1.29 is 52.5 Å². The molecule has 4 rings (SSSR count). The first-order valence-electron chi connectivity index (χ1n) is 16.2. The third kappa shape index (κ3) is 11.8. The number of ether oxygens (including phenoxy) is 5. The Balaban J connectivity index is 1.10. The van der Waals surface area contributed by atoms with Crippen LogP contribution in [0.25, 0.3) is 0 Å². The number of hydroxylamine groups is 2. The number of carbonyl (C=O) groups is 5. The highest BCUT2D eigenvalue weighted by Crippen LogP contribution is 2.34. The zero-order valence-corrected chi connectivity index (χ0v) is 28.8. The third-order valence-corrected chi connectivity index (χ3v) is 9.71. The number of nitrogens with zero attached hydrogens (tertiary/aromatic N) is 1. The highest BCUT2D eigenvalue weighted by Gasteiger charge is 2.32. The Labute approximate surface area is 291 Å². The molecule has 0 radical (unpaired) electrons. The maximum absolute atomic E-state index is 13.1. The van der Waals surface area contributed by atoms with Gasteiger partial charge >= 0.3 is 11.9 Å². The second kappa shape index (κ2) is 20.9. The molecule has 0 unspecified atom stereocenters. The number of benzene rings is 3. The summed E-state index contributed by atoms with van der Waals surface area (Å²) in [4.78, 5) is 65.3. The van der Waals surface area contributed by atoms with E-state index >= 15 is 0 Å². The van der Waals surface area contributed by atoms with Crippen LogP contribution in [0.4, 0.5) is 0 Å². The summed E-state index contributed by atoms with van der Waals surface area (Å²) in [5.74, 6) is -2.51. The molecule has 50 heavy (non-hydrogen) atoms. The normalized spacial score (nSPS) is 12.7. The molecule has 1 heterocycles. The van der Waals surface area contributed by atoms with E-state index in [0.717, 1.165) is 15.9 Å². The molecule has 14 heteroatoms. The molecule has 3 aromatic carbocycles. The van der Waals surface area contributed by atoms with E-state index in [1.54, 1.807) is 18.2 Å². The third-order valence-electron chi connectivity index (χ3n) is 7.23. The predicted octanol–water partition coefficient (Wildman–Crippen LogP) is 2.02. The molecule has 0 bridgehead atoms. The van der Waals surface area contributed by atoms with Crippen LogP contribution in [0.5, 0.6) is 0 Å². The molecule has 0 aliphatic carbocycles. The SMILES string of the molecule is COC(=O)c1ccc(C(=O)NCCOCCOCCOCCOCCC(=O)ON2C(=O)CCC2=O)cc1P(c1ccccc1)c1ccccc1. The van der Waals surface area contributed by atoms with Crippen LogP contribution in [0.15, 0.2) is 78.9 Å². The van der Waals surface area contributed by atoms with E-state index in [4.69, 9.17) is 28.5 Å². The lowest BCUT2D eigenvalue weighted by Gasteiger charge is -2.22. The summed E-state index contributed by atoms with van der Waals surface area (Å²) in [5, 5.41) is 6.19. The van der Waals surface area contributed by atoms with E-state index in [-0.39, 0.29) is 51.5 Å². The van der Waals surface area contributed by atoms with Gasteiger partial charge in [0.25, 0.3) is 17.7 Å². The van der Waals surface area contributed by atoms with Crippen LogP contribution < -0.4 is 21.2 Å². The lowest BCUT2D eigenvalue weighted by atomic mass is 10.1. The second-order valence-electron chi connectivity index (χ2n) is 10.7. The largest absolute Gasteiger partial charge is 0.465 e. The number of rotatable bonds is 21. The van der Waals surface area contributed by atoms with Crippen LogP contribution in [-0.2, 0) is 42.9 Å². The fraction of sp³-hybridized carbons (Fsp3) is 0.361. The number of amides is 3. The van der Waals surface area contributed by atoms with Crippen LogP contribution >= 0.6 is 7.92 Å². The lowest BCUT2D eigenvalue weighted by Crippen LogP contribution is -2.32. The van der Waals surface area contributed by atoms with Crippen LogP contribution in [0.2, 0.25) is 0 Å². The molecule has 1 N–H and O–H groups in total. The fourth-order valence-electron chi connectivity index (χ4n) is 4.78. The molecule has 1 fully saturated rings. The van der Waals surface area contributed by atoms with Crippen LogP contribution in [0.1, 0.15) is 40.0 Å². The molecule has 0 atom stereocenters. The summed E-state index contributed by atoms with van der Waals surface area (Å²) in [6.07, 6.45) is -0.00834. The molecule has 0 saturated carbocycles. The zero-order chi connectivity index (χ0) is 35.6. The first-order valence-corrected chi connectivity index (χ1v) is 17.5. The number of methoxy groups -OCH3 is 1. The van der Waals surface area contributed by atoms with Crippen molar-refractivity contribution in [1.82, 2.24) is 10.4 Å². The molecular formula is C36H41N2O11P. The molecule has 266 valence electrons. The molecule has 0 aromatic heterocycles. The fourth-order valence-corrected chi connectivity index (χ4v) is 7.25. The summed E-state index contributed by atoms with van der Waals surface area (Å²) >= 11 is 0. The Morgan fingerprint density at radius 1 is 0.700 bits per heavy atom. The van der Waals surface area contributed by atoms with Crippen LogP contribution in [-0.4, -0.2) is 101 Å². The molecule has 3 aromatic rings. The lowest BCUT2D eigenvalue weighted by molar-refractivity contribution is -0.198. The van der Waals surface area contributed by atoms with Gasteiger partial charge in [0, 0.05) is 30.3 Å². The Bertz CT molecular complexity index is 1520. The Morgan fingerprint density at radius 2 is 1.22 bits per heavy atom. The van der Waals surface area contributed by atoms with Crippen molar-refractivity contribution in [2.45, 2.75) is 19.3 Å². The second-order valence-corrected chi connectivity index (χ2v) is 12.9. The molecule has 3 amide bonds. The van der Waals surface area contributed by atoms with Crippen molar-refractivity contribution in [2.24, 2.45) is 0 Å². The van der Waals surface area contributed by atoms with Crippen molar-refractivity contribution in [3.05, 3.63) is 90.0 Å². The number of nitrogens with one attached hydrogen (secondary N) is 1. The van der Waals surface area contributed by atoms with Gasteiger partial charge in [-0.05, 0) is 36.7 Å². The molecule has 0 spiro atoms. The Kier molecular flexibility index (Phi) is 16.0. The van der Waals surface area contributed by atoms with Gasteiger partial charge in [-0.1, -0.05) is 60.7 Å². The topological polar surface area (TPSA) is 156 Å². The standard InChI is InChI=1S/C36H41N2O11P/c1-44-36(43)30-13-12-27(26-31(30)50(28-8-4-2-5-9-28)29-10-6-3-7-11-29)35(42)37-17-19-46-21-23-48-25-24-47-22-20-45-18-16-34(41)49-38-32(39)14-15-33(38)40/h2-13,26H,14-25H2,1H3,(H,37,42). The van der Waals surface area contributed by atoms with E-state index in [1.807, 2.05) is 60.7 Å². The number of hydrogen-bond acceptors (Lipinski definition) is 11. The van der Waals surface area contributed by atoms with Gasteiger partial charge in [0.1, 0.15) is 0 Å². The molecule has 1 aliphatic heterocycles. The van der Waals surface area contributed by atoms with Gasteiger partial charge in [0.15, 0.2) is 0 Å². The van der Waals surface area contributed by atoms with Crippen molar-refractivity contribution >= 4 is 53.5 Å². The van der Waals surface area contributed by atoms with E-state index in [1.165, 1.54) is 7.11 Å². The summed E-state index contributed by atoms with van der Waals surface area (Å²) in [7, 11) is 0.191. The highest BCUT2D eigenvalue weighted by molar-refractivity contribution is 7.80. The zero-order valence-electron chi connectivity index (χ0n) is 27.9. The van der Waals surface area contributed by atoms with E-state index in [2.05, 4.69) is 5.32 Å². The van der Waals surface area contributed by atoms with E-state index in [9.17, 15) is 24.0 Å². The van der Waals surface area contributed by atoms with Gasteiger partial charge in [-0.25, -0.2) is 9.59 Å². The van der Waals surface area contributed by atoms with E-state index < -0.39 is 31.7 Å². The van der Waals surface area contributed by atoms with E-state index in [0.29, 0.717) is 49.2 Å². The van der Waals surface area contributed by atoms with Gasteiger partial charge in [-0.3, -0.25) is 14.4 Å². The van der Waals surface area contributed by atoms with Crippen molar-refractivity contribution in [1.29, 1.82) is 0 Å². The van der Waals surface area contributed by atoms with Gasteiger partial charge in [-0.2, -0.15) is 0 Å². The smallest absolute Gasteiger partial charge is 0.338 e. The van der Waals surface area contributed by atoms with Crippen molar-refractivity contribution in [3.63, 3.8) is 0 Å². The first-order chi connectivity index (χ1) is 24.4. The molecule has 13 nitrogen and oxygen atoms in total. The van der Waals surface area contributed by atoms with Crippen LogP contribution in [0.3, 0.4) is 0 Å². The van der Waals surface area contributed by atoms with Gasteiger partial charge in [0.2, 0.25) is 0 Å². The summed E-state index contributed by atoms with van der Waals surface area (Å²) in [5.41, 5.74) is 0.842. The summed E-state index contributed by atoms with van der Waals surface area (Å²) in [6.45, 7) is 2.56. The molecular weight excluding hydrogens is 667 g/mol. The van der Waals surface area contributed by atoms with Crippen molar-refractivity contribution in [3.8, 4) is 0 Å². The summed E-state index contributed by atoms with van der Waals surface area (Å²) < 4.78 is 26.9. The number of carbonyl (C=O) groups excluding carboxylic acids is 5. The monoisotopic (exact) mass is 708 g/mol. The maximum atomic E-state index is 13.1. The minimum atomic E-state index is -1.15. The average Bonchev–Trinajstić information content (AvgIpc) is 3.45. The first kappa shape index (κ1) is 38.3. The maximum Gasteiger partial charge on any atom is 0.338 e. The predicted molar refractivity (Wildman–Crippen MR) is 184 cm³/mol. The quantitative estimate of drug-likeness (QED) is 0.0748. The van der Waals surface area contributed by atoms with Gasteiger partial charge in [0.05, 0.1) is 71.9 Å². The Hall–Kier alpha value is -4.52. The molecule has 1 aliphatic rings. The molecule has 1 saturated heterocycles. The average molecular weight is 709 g/mol. The number of imide groups is 1. The van der Waals surface area contributed by atoms with Gasteiger partial charge < -0.3 is 33.8 Å².